The number of aliphatic hydroxyl groups is 5. The van der Waals surface area contributed by atoms with Crippen LogP contribution in [0.4, 0.5) is 0 Å². The van der Waals surface area contributed by atoms with Crippen LogP contribution in [0.2, 0.25) is 0 Å². The minimum absolute atomic E-state index is 0.133. The smallest absolute Gasteiger partial charge is 0.311 e. The Morgan fingerprint density at radius 1 is 0.942 bits per heavy atom. The number of nitrogens with zero attached hydrogens (tertiary/aromatic N) is 2. The molecule has 0 spiro atoms. The number of hydrogen-bond donors (Lipinski definition) is 5. The van der Waals surface area contributed by atoms with Gasteiger partial charge in [0.25, 0.3) is 0 Å². The molecular weight excluding hydrogens is 676 g/mol. The molecule has 0 aliphatic carbocycles. The monoisotopic (exact) mass is 749 g/mol. The van der Waals surface area contributed by atoms with E-state index in [0.29, 0.717) is 13.0 Å². The van der Waals surface area contributed by atoms with E-state index >= 15 is 0 Å². The third-order valence-electron chi connectivity index (χ3n) is 12.2. The molecule has 14 heteroatoms. The van der Waals surface area contributed by atoms with Gasteiger partial charge in [-0.25, -0.2) is 0 Å². The minimum atomic E-state index is -1.80. The number of likely N-dealkylation sites (N-methyl/N-ethyl adjacent to an activating group) is 2. The van der Waals surface area contributed by atoms with Crippen LogP contribution in [0.25, 0.3) is 0 Å². The predicted octanol–water partition coefficient (Wildman–Crippen LogP) is 1.90. The Balaban J connectivity index is 2.17. The molecule has 5 unspecified atom stereocenters. The quantitative estimate of drug-likeness (QED) is 0.238. The number of esters is 1. The Hall–Kier alpha value is -1.01. The van der Waals surface area contributed by atoms with Crippen molar-refractivity contribution < 1.29 is 58.7 Å². The van der Waals surface area contributed by atoms with Crippen molar-refractivity contribution in [2.75, 3.05) is 34.8 Å². The van der Waals surface area contributed by atoms with Crippen molar-refractivity contribution >= 4 is 5.97 Å². The number of methoxy groups -OCH3 is 1. The van der Waals surface area contributed by atoms with Gasteiger partial charge in [-0.3, -0.25) is 4.79 Å². The lowest BCUT2D eigenvalue weighted by molar-refractivity contribution is -0.318. The van der Waals surface area contributed by atoms with Gasteiger partial charge in [-0.05, 0) is 94.8 Å². The van der Waals surface area contributed by atoms with Crippen LogP contribution < -0.4 is 0 Å². The lowest BCUT2D eigenvalue weighted by atomic mass is 9.77. The van der Waals surface area contributed by atoms with E-state index in [4.69, 9.17) is 28.4 Å². The first-order valence-electron chi connectivity index (χ1n) is 19.1. The highest BCUT2D eigenvalue weighted by molar-refractivity contribution is 5.73. The Labute approximate surface area is 312 Å². The Kier molecular flexibility index (Phi) is 15.6. The minimum Gasteiger partial charge on any atom is -0.459 e. The number of cyclic esters (lactones) is 1. The molecule has 0 saturated carbocycles. The number of aliphatic hydroxyl groups excluding tert-OH is 3. The van der Waals surface area contributed by atoms with E-state index in [-0.39, 0.29) is 37.3 Å². The molecule has 3 heterocycles. The molecule has 0 bridgehead atoms. The zero-order valence-electron chi connectivity index (χ0n) is 34.2. The van der Waals surface area contributed by atoms with Gasteiger partial charge in [0.1, 0.15) is 30.0 Å². The van der Waals surface area contributed by atoms with Crippen molar-refractivity contribution in [3.05, 3.63) is 0 Å². The lowest BCUT2D eigenvalue weighted by Crippen LogP contribution is -2.60. The second-order valence-corrected chi connectivity index (χ2v) is 17.2. The second kappa shape index (κ2) is 17.8. The summed E-state index contributed by atoms with van der Waals surface area (Å²) < 4.78 is 37.5. The number of ether oxygens (including phenoxy) is 6. The first-order chi connectivity index (χ1) is 23.9. The summed E-state index contributed by atoms with van der Waals surface area (Å²) in [5.41, 5.74) is -4.37. The maximum absolute atomic E-state index is 14.2. The van der Waals surface area contributed by atoms with Gasteiger partial charge in [0.05, 0.1) is 41.5 Å². The summed E-state index contributed by atoms with van der Waals surface area (Å²) in [4.78, 5) is 18.0. The van der Waals surface area contributed by atoms with Crippen LogP contribution in [-0.4, -0.2) is 166 Å². The highest BCUT2D eigenvalue weighted by atomic mass is 16.7. The van der Waals surface area contributed by atoms with Crippen molar-refractivity contribution in [3.8, 4) is 0 Å². The average molecular weight is 749 g/mol. The topological polar surface area (TPSA) is 180 Å². The van der Waals surface area contributed by atoms with Crippen LogP contribution in [0, 0.1) is 17.8 Å². The molecule has 3 saturated heterocycles. The maximum atomic E-state index is 14.2. The summed E-state index contributed by atoms with van der Waals surface area (Å²) >= 11 is 0. The largest absolute Gasteiger partial charge is 0.459 e. The van der Waals surface area contributed by atoms with Crippen molar-refractivity contribution in [1.82, 2.24) is 9.80 Å². The molecule has 14 nitrogen and oxygen atoms in total. The Morgan fingerprint density at radius 3 is 2.12 bits per heavy atom. The Bertz CT molecular complexity index is 1140. The molecule has 3 aliphatic rings. The van der Waals surface area contributed by atoms with Crippen molar-refractivity contribution in [3.63, 3.8) is 0 Å². The Morgan fingerprint density at radius 2 is 1.56 bits per heavy atom. The molecule has 0 aromatic carbocycles. The fourth-order valence-electron chi connectivity index (χ4n) is 8.74. The summed E-state index contributed by atoms with van der Waals surface area (Å²) in [6.45, 7) is 18.0. The molecule has 18 atom stereocenters. The van der Waals surface area contributed by atoms with Crippen molar-refractivity contribution in [2.45, 2.75) is 185 Å². The van der Waals surface area contributed by atoms with Gasteiger partial charge in [-0.2, -0.15) is 0 Å². The molecule has 0 amide bonds. The van der Waals surface area contributed by atoms with Crippen LogP contribution >= 0.6 is 0 Å². The van der Waals surface area contributed by atoms with Gasteiger partial charge in [-0.15, -0.1) is 0 Å². The van der Waals surface area contributed by atoms with Crippen molar-refractivity contribution in [1.29, 1.82) is 0 Å². The maximum Gasteiger partial charge on any atom is 0.311 e. The van der Waals surface area contributed by atoms with E-state index in [1.807, 2.05) is 51.7 Å². The summed E-state index contributed by atoms with van der Waals surface area (Å²) in [5.74, 6) is -2.58. The number of hydrogen-bond acceptors (Lipinski definition) is 14. The van der Waals surface area contributed by atoms with Gasteiger partial charge in [0, 0.05) is 38.1 Å². The fourth-order valence-corrected chi connectivity index (χ4v) is 8.74. The molecule has 3 rings (SSSR count). The molecular formula is C38H72N2O12. The molecule has 3 aliphatic heterocycles. The third kappa shape index (κ3) is 10.0. The van der Waals surface area contributed by atoms with Crippen LogP contribution in [0.3, 0.4) is 0 Å². The SMILES string of the molecule is CC[C@H]1OC(=O)[C@H](C)[C@@H](OC2C[C@@](C)(OC)C(O)[C@H](C)O2)[C@H](C)[C@@H](OC2O[C@H](C)CC(N(C)C)[C@H]2O)[C@](C)(O)C[C@@H](C)CN(C)C(C)[C@@H](O)[C@]1(C)O. The molecule has 0 radical (unpaired) electrons. The summed E-state index contributed by atoms with van der Waals surface area (Å²) in [7, 11) is 7.12. The van der Waals surface area contributed by atoms with Gasteiger partial charge in [0.15, 0.2) is 12.6 Å². The highest BCUT2D eigenvalue weighted by Crippen LogP contribution is 2.40. The number of carbonyl (C=O) groups is 1. The standard InChI is InChI=1S/C38H72N2O12/c1-15-27-38(10,46)31(42)24(6)40(13)19-20(2)17-36(8,45)33(52-35-29(41)26(39(11)12)16-21(3)48-35)22(4)30(23(5)34(44)50-27)51-28-18-37(9,47-14)32(43)25(7)49-28/h20-33,35,41-43,45-46H,15-19H2,1-14H3/t20-,21-,22+,23-,24?,25+,26?,27-,28?,29-,30+,31-,32?,33-,35?,36-,37-,38-/m1/s1. The molecule has 306 valence electrons. The van der Waals surface area contributed by atoms with E-state index in [2.05, 4.69) is 0 Å². The zero-order chi connectivity index (χ0) is 39.7. The number of carbonyl (C=O) groups excluding carboxylic acids is 1. The number of rotatable bonds is 7. The molecule has 3 fully saturated rings. The highest BCUT2D eigenvalue weighted by Gasteiger charge is 2.52. The molecule has 52 heavy (non-hydrogen) atoms. The van der Waals surface area contributed by atoms with Crippen LogP contribution in [0.5, 0.6) is 0 Å². The van der Waals surface area contributed by atoms with Crippen molar-refractivity contribution in [2.24, 2.45) is 17.8 Å². The van der Waals surface area contributed by atoms with E-state index in [1.165, 1.54) is 14.0 Å². The van der Waals surface area contributed by atoms with Crippen LogP contribution in [0.15, 0.2) is 0 Å². The lowest BCUT2D eigenvalue weighted by Gasteiger charge is -2.48. The van der Waals surface area contributed by atoms with E-state index in [0.717, 1.165) is 0 Å². The first kappa shape index (κ1) is 45.4. The average Bonchev–Trinajstić information content (AvgIpc) is 3.05. The van der Waals surface area contributed by atoms with Gasteiger partial charge >= 0.3 is 5.97 Å². The van der Waals surface area contributed by atoms with Crippen LogP contribution in [-0.2, 0) is 33.2 Å². The zero-order valence-corrected chi connectivity index (χ0v) is 34.2. The van der Waals surface area contributed by atoms with Gasteiger partial charge in [-0.1, -0.05) is 20.8 Å². The second-order valence-electron chi connectivity index (χ2n) is 17.2. The molecule has 5 N–H and O–H groups in total. The predicted molar refractivity (Wildman–Crippen MR) is 194 cm³/mol. The normalized spacial score (nSPS) is 49.6. The summed E-state index contributed by atoms with van der Waals surface area (Å²) in [6.07, 6.45) is -8.19. The first-order valence-corrected chi connectivity index (χ1v) is 19.1. The molecule has 0 aromatic rings. The fraction of sp³-hybridized carbons (Fsp3) is 0.974. The van der Waals surface area contributed by atoms with Crippen LogP contribution in [0.1, 0.15) is 94.9 Å². The third-order valence-corrected chi connectivity index (χ3v) is 12.2. The van der Waals surface area contributed by atoms with Gasteiger partial charge < -0.3 is 63.8 Å². The summed E-state index contributed by atoms with van der Waals surface area (Å²) in [5, 5.41) is 58.1. The van der Waals surface area contributed by atoms with E-state index in [9.17, 15) is 30.3 Å². The van der Waals surface area contributed by atoms with Gasteiger partial charge in [0.2, 0.25) is 0 Å². The van der Waals surface area contributed by atoms with E-state index < -0.39 is 96.0 Å². The van der Waals surface area contributed by atoms with E-state index in [1.54, 1.807) is 41.5 Å². The summed E-state index contributed by atoms with van der Waals surface area (Å²) in [6, 6.07) is -0.808. The molecule has 0 aromatic heterocycles.